The summed E-state index contributed by atoms with van der Waals surface area (Å²) in [6.07, 6.45) is 7.97. The van der Waals surface area contributed by atoms with Crippen molar-refractivity contribution in [1.29, 1.82) is 0 Å². The van der Waals surface area contributed by atoms with Gasteiger partial charge in [-0.25, -0.2) is 0 Å². The Balaban J connectivity index is 1.63. The van der Waals surface area contributed by atoms with Crippen LogP contribution in [0, 0.1) is 5.92 Å². The minimum atomic E-state index is 0.734. The van der Waals surface area contributed by atoms with Crippen molar-refractivity contribution in [2.24, 2.45) is 5.92 Å². The molecule has 1 heterocycles. The van der Waals surface area contributed by atoms with Crippen LogP contribution in [-0.4, -0.2) is 19.1 Å². The van der Waals surface area contributed by atoms with E-state index in [0.717, 1.165) is 23.5 Å². The van der Waals surface area contributed by atoms with Gasteiger partial charge in [0.1, 0.15) is 0 Å². The molecule has 1 saturated heterocycles. The van der Waals surface area contributed by atoms with Gasteiger partial charge in [0.05, 0.1) is 0 Å². The second-order valence-electron chi connectivity index (χ2n) is 6.62. The van der Waals surface area contributed by atoms with Gasteiger partial charge in [-0.1, -0.05) is 31.0 Å². The summed E-state index contributed by atoms with van der Waals surface area (Å²) in [5.41, 5.74) is 2.53. The third kappa shape index (κ3) is 4.14. The number of halogens is 1. The number of rotatable bonds is 5. The minimum absolute atomic E-state index is 0.734. The van der Waals surface area contributed by atoms with Gasteiger partial charge >= 0.3 is 0 Å². The van der Waals surface area contributed by atoms with Crippen LogP contribution in [0.2, 0.25) is 5.02 Å². The highest BCUT2D eigenvalue weighted by Crippen LogP contribution is 2.28. The Bertz CT molecular complexity index is 470. The number of hydrogen-bond acceptors (Lipinski definition) is 2. The Hall–Kier alpha value is -0.730. The maximum absolute atomic E-state index is 6.48. The molecule has 0 aromatic heterocycles. The molecule has 3 rings (SSSR count). The smallest absolute Gasteiger partial charge is 0.0471 e. The molecule has 116 valence electrons. The largest absolute Gasteiger partial charge is 0.371 e. The molecule has 1 atom stereocenters. The normalized spacial score (nSPS) is 23.1. The Morgan fingerprint density at radius 1 is 1.19 bits per heavy atom. The monoisotopic (exact) mass is 306 g/mol. The molecule has 2 aliphatic rings. The van der Waals surface area contributed by atoms with E-state index in [1.54, 1.807) is 0 Å². The summed E-state index contributed by atoms with van der Waals surface area (Å²) in [6.45, 7) is 5.57. The van der Waals surface area contributed by atoms with Gasteiger partial charge in [-0.15, -0.1) is 0 Å². The fourth-order valence-corrected chi connectivity index (χ4v) is 3.49. The van der Waals surface area contributed by atoms with E-state index < -0.39 is 0 Å². The second kappa shape index (κ2) is 7.02. The average Bonchev–Trinajstić information content (AvgIpc) is 3.32. The van der Waals surface area contributed by atoms with Gasteiger partial charge in [-0.3, -0.25) is 0 Å². The summed E-state index contributed by atoms with van der Waals surface area (Å²) in [4.78, 5) is 2.51. The summed E-state index contributed by atoms with van der Waals surface area (Å²) in [7, 11) is 0. The highest BCUT2D eigenvalue weighted by molar-refractivity contribution is 6.31. The lowest BCUT2D eigenvalue weighted by Gasteiger charge is -2.23. The first-order valence-corrected chi connectivity index (χ1v) is 8.91. The highest BCUT2D eigenvalue weighted by atomic mass is 35.5. The zero-order valence-corrected chi connectivity index (χ0v) is 13.8. The van der Waals surface area contributed by atoms with Crippen molar-refractivity contribution in [2.75, 3.05) is 18.0 Å². The first kappa shape index (κ1) is 15.2. The number of benzene rings is 1. The number of anilines is 1. The van der Waals surface area contributed by atoms with E-state index in [1.807, 2.05) is 0 Å². The quantitative estimate of drug-likeness (QED) is 0.854. The molecule has 0 radical (unpaired) electrons. The molecule has 1 saturated carbocycles. The van der Waals surface area contributed by atoms with Crippen LogP contribution < -0.4 is 10.2 Å². The van der Waals surface area contributed by atoms with Gasteiger partial charge in [0, 0.05) is 36.4 Å². The maximum Gasteiger partial charge on any atom is 0.0471 e. The Labute approximate surface area is 133 Å². The SMILES string of the molecule is CCC1CCCN(c2ccc(CNC3CC3)c(Cl)c2)CC1. The molecule has 1 unspecified atom stereocenters. The van der Waals surface area contributed by atoms with Crippen LogP contribution in [0.3, 0.4) is 0 Å². The lowest BCUT2D eigenvalue weighted by atomic mass is 9.98. The summed E-state index contributed by atoms with van der Waals surface area (Å²) in [5, 5.41) is 4.45. The van der Waals surface area contributed by atoms with Crippen LogP contribution in [0.15, 0.2) is 18.2 Å². The predicted molar refractivity (Wildman–Crippen MR) is 91.2 cm³/mol. The molecule has 21 heavy (non-hydrogen) atoms. The van der Waals surface area contributed by atoms with Crippen LogP contribution >= 0.6 is 11.6 Å². The summed E-state index contributed by atoms with van der Waals surface area (Å²) >= 11 is 6.48. The van der Waals surface area contributed by atoms with E-state index >= 15 is 0 Å². The molecule has 1 N–H and O–H groups in total. The minimum Gasteiger partial charge on any atom is -0.371 e. The molecule has 1 aliphatic carbocycles. The molecular weight excluding hydrogens is 280 g/mol. The zero-order valence-electron chi connectivity index (χ0n) is 13.1. The van der Waals surface area contributed by atoms with E-state index in [-0.39, 0.29) is 0 Å². The molecule has 2 fully saturated rings. The molecule has 1 aromatic rings. The highest BCUT2D eigenvalue weighted by Gasteiger charge is 2.21. The Kier molecular flexibility index (Phi) is 5.07. The lowest BCUT2D eigenvalue weighted by molar-refractivity contribution is 0.459. The van der Waals surface area contributed by atoms with Crippen LogP contribution in [0.1, 0.15) is 51.0 Å². The lowest BCUT2D eigenvalue weighted by Crippen LogP contribution is -2.24. The predicted octanol–water partition coefficient (Wildman–Crippen LogP) is 4.61. The summed E-state index contributed by atoms with van der Waals surface area (Å²) < 4.78 is 0. The molecule has 0 amide bonds. The number of nitrogens with one attached hydrogen (secondary N) is 1. The van der Waals surface area contributed by atoms with E-state index in [2.05, 4.69) is 35.3 Å². The van der Waals surface area contributed by atoms with Crippen molar-refractivity contribution in [1.82, 2.24) is 5.32 Å². The fourth-order valence-electron chi connectivity index (χ4n) is 3.25. The summed E-state index contributed by atoms with van der Waals surface area (Å²) in [6, 6.07) is 7.35. The molecule has 0 spiro atoms. The number of hydrogen-bond donors (Lipinski definition) is 1. The third-order valence-electron chi connectivity index (χ3n) is 4.99. The first-order chi connectivity index (χ1) is 10.3. The molecule has 2 nitrogen and oxygen atoms in total. The molecule has 1 aromatic carbocycles. The van der Waals surface area contributed by atoms with Crippen molar-refractivity contribution in [3.8, 4) is 0 Å². The van der Waals surface area contributed by atoms with E-state index in [1.165, 1.54) is 62.9 Å². The van der Waals surface area contributed by atoms with Crippen LogP contribution in [0.5, 0.6) is 0 Å². The number of nitrogens with zero attached hydrogens (tertiary/aromatic N) is 1. The van der Waals surface area contributed by atoms with Crippen LogP contribution in [0.4, 0.5) is 5.69 Å². The molecule has 3 heteroatoms. The van der Waals surface area contributed by atoms with E-state index in [4.69, 9.17) is 11.6 Å². The van der Waals surface area contributed by atoms with Crippen LogP contribution in [0.25, 0.3) is 0 Å². The molecular formula is C18H27ClN2. The van der Waals surface area contributed by atoms with Crippen molar-refractivity contribution in [2.45, 2.75) is 58.0 Å². The van der Waals surface area contributed by atoms with Crippen molar-refractivity contribution in [3.05, 3.63) is 28.8 Å². The standard InChI is InChI=1S/C18H27ClN2/c1-2-14-4-3-10-21(11-9-14)17-8-5-15(18(19)12-17)13-20-16-6-7-16/h5,8,12,14,16,20H,2-4,6-7,9-11,13H2,1H3. The second-order valence-corrected chi connectivity index (χ2v) is 7.03. The summed E-state index contributed by atoms with van der Waals surface area (Å²) in [5.74, 6) is 0.910. The molecule has 1 aliphatic heterocycles. The van der Waals surface area contributed by atoms with E-state index in [0.29, 0.717) is 0 Å². The maximum atomic E-state index is 6.48. The van der Waals surface area contributed by atoms with Crippen molar-refractivity contribution in [3.63, 3.8) is 0 Å². The fraction of sp³-hybridized carbons (Fsp3) is 0.667. The Morgan fingerprint density at radius 3 is 2.76 bits per heavy atom. The van der Waals surface area contributed by atoms with Gasteiger partial charge in [0.25, 0.3) is 0 Å². The van der Waals surface area contributed by atoms with Gasteiger partial charge in [-0.2, -0.15) is 0 Å². The Morgan fingerprint density at radius 2 is 2.05 bits per heavy atom. The van der Waals surface area contributed by atoms with Crippen LogP contribution in [-0.2, 0) is 6.54 Å². The average molecular weight is 307 g/mol. The van der Waals surface area contributed by atoms with Gasteiger partial charge in [0.15, 0.2) is 0 Å². The van der Waals surface area contributed by atoms with Gasteiger partial charge < -0.3 is 10.2 Å². The van der Waals surface area contributed by atoms with Crippen molar-refractivity contribution < 1.29 is 0 Å². The molecule has 0 bridgehead atoms. The van der Waals surface area contributed by atoms with Gasteiger partial charge in [-0.05, 0) is 55.7 Å². The third-order valence-corrected chi connectivity index (χ3v) is 5.34. The zero-order chi connectivity index (χ0) is 14.7. The van der Waals surface area contributed by atoms with Crippen molar-refractivity contribution >= 4 is 17.3 Å². The topological polar surface area (TPSA) is 15.3 Å². The van der Waals surface area contributed by atoms with E-state index in [9.17, 15) is 0 Å². The van der Waals surface area contributed by atoms with Gasteiger partial charge in [0.2, 0.25) is 0 Å². The first-order valence-electron chi connectivity index (χ1n) is 8.53.